The predicted molar refractivity (Wildman–Crippen MR) is 112 cm³/mol. The van der Waals surface area contributed by atoms with E-state index in [2.05, 4.69) is 25.2 Å². The Balaban J connectivity index is 1.78. The van der Waals surface area contributed by atoms with Crippen LogP contribution in [0.2, 0.25) is 0 Å². The van der Waals surface area contributed by atoms with Crippen molar-refractivity contribution in [2.75, 3.05) is 31.7 Å². The van der Waals surface area contributed by atoms with Crippen molar-refractivity contribution in [3.63, 3.8) is 0 Å². The number of hydrogen-bond acceptors (Lipinski definition) is 6. The largest absolute Gasteiger partial charge is 0.419 e. The standard InChI is InChI=1S/C20H22F3N5O2S/c1-28-7-3-4-12(11-28)26-19-25-10-16(20(21,22)23)18(27-19)15-9-24-17-8-13(31(2,29)30)5-6-14(15)17/h5-6,8-10,12,24H,3-4,7,11H2,1-2H3,(H,25,26,27)/t12-/m0/s1. The molecule has 2 N–H and O–H groups in total. The van der Waals surface area contributed by atoms with Crippen LogP contribution in [0, 0.1) is 0 Å². The first-order valence-corrected chi connectivity index (χ1v) is 11.6. The molecule has 0 saturated carbocycles. The number of H-pyrrole nitrogens is 1. The number of piperidine rings is 1. The molecule has 1 atom stereocenters. The van der Waals surface area contributed by atoms with E-state index in [9.17, 15) is 21.6 Å². The summed E-state index contributed by atoms with van der Waals surface area (Å²) in [6, 6.07) is 4.31. The number of anilines is 1. The number of rotatable bonds is 4. The van der Waals surface area contributed by atoms with E-state index in [-0.39, 0.29) is 28.1 Å². The quantitative estimate of drug-likeness (QED) is 0.628. The van der Waals surface area contributed by atoms with Crippen molar-refractivity contribution in [2.24, 2.45) is 0 Å². The second kappa shape index (κ2) is 7.79. The first-order chi connectivity index (χ1) is 14.5. The van der Waals surface area contributed by atoms with Crippen LogP contribution in [0.5, 0.6) is 0 Å². The molecule has 0 aliphatic carbocycles. The molecule has 0 amide bonds. The average Bonchev–Trinajstić information content (AvgIpc) is 3.09. The van der Waals surface area contributed by atoms with Gasteiger partial charge in [-0.05, 0) is 38.6 Å². The lowest BCUT2D eigenvalue weighted by Crippen LogP contribution is -2.40. The van der Waals surface area contributed by atoms with Crippen molar-refractivity contribution in [2.45, 2.75) is 30.0 Å². The highest BCUT2D eigenvalue weighted by Crippen LogP contribution is 2.39. The van der Waals surface area contributed by atoms with Gasteiger partial charge in [0.15, 0.2) is 9.84 Å². The molecule has 4 rings (SSSR count). The van der Waals surface area contributed by atoms with Crippen molar-refractivity contribution in [1.82, 2.24) is 19.9 Å². The molecular formula is C20H22F3N5O2S. The van der Waals surface area contributed by atoms with E-state index < -0.39 is 21.6 Å². The first kappa shape index (κ1) is 21.6. The Morgan fingerprint density at radius 1 is 1.29 bits per heavy atom. The third kappa shape index (κ3) is 4.52. The van der Waals surface area contributed by atoms with Crippen LogP contribution in [0.4, 0.5) is 19.1 Å². The summed E-state index contributed by atoms with van der Waals surface area (Å²) in [5, 5.41) is 3.59. The van der Waals surface area contributed by atoms with Gasteiger partial charge in [-0.15, -0.1) is 0 Å². The fraction of sp³-hybridized carbons (Fsp3) is 0.400. The molecule has 1 aliphatic rings. The third-order valence-corrected chi connectivity index (χ3v) is 6.50. The summed E-state index contributed by atoms with van der Waals surface area (Å²) in [6.45, 7) is 1.73. The first-order valence-electron chi connectivity index (χ1n) is 9.73. The van der Waals surface area contributed by atoms with Crippen molar-refractivity contribution in [1.29, 1.82) is 0 Å². The molecule has 0 bridgehead atoms. The minimum Gasteiger partial charge on any atom is -0.360 e. The maximum Gasteiger partial charge on any atom is 0.419 e. The maximum absolute atomic E-state index is 13.7. The van der Waals surface area contributed by atoms with Gasteiger partial charge in [0.1, 0.15) is 5.56 Å². The van der Waals surface area contributed by atoms with Crippen LogP contribution in [0.1, 0.15) is 18.4 Å². The van der Waals surface area contributed by atoms with E-state index in [0.717, 1.165) is 38.4 Å². The Kier molecular flexibility index (Phi) is 5.42. The number of hydrogen-bond donors (Lipinski definition) is 2. The SMILES string of the molecule is CN1CCC[C@H](Nc2ncc(C(F)(F)F)c(-c3c[nH]c4cc(S(C)(=O)=O)ccc34)n2)C1. The Morgan fingerprint density at radius 2 is 2.06 bits per heavy atom. The lowest BCUT2D eigenvalue weighted by atomic mass is 10.1. The van der Waals surface area contributed by atoms with Gasteiger partial charge in [0.05, 0.1) is 10.6 Å². The highest BCUT2D eigenvalue weighted by atomic mass is 32.2. The summed E-state index contributed by atoms with van der Waals surface area (Å²) in [5.74, 6) is 0.130. The molecular weight excluding hydrogens is 431 g/mol. The van der Waals surface area contributed by atoms with Crippen LogP contribution < -0.4 is 5.32 Å². The molecule has 2 aromatic heterocycles. The van der Waals surface area contributed by atoms with Gasteiger partial charge in [-0.25, -0.2) is 18.4 Å². The topological polar surface area (TPSA) is 91.0 Å². The van der Waals surface area contributed by atoms with Crippen LogP contribution in [-0.4, -0.2) is 60.7 Å². The number of aromatic nitrogens is 3. The average molecular weight is 453 g/mol. The minimum absolute atomic E-state index is 0.0450. The smallest absolute Gasteiger partial charge is 0.360 e. The summed E-state index contributed by atoms with van der Waals surface area (Å²) in [7, 11) is -1.46. The fourth-order valence-corrected chi connectivity index (χ4v) is 4.51. The van der Waals surface area contributed by atoms with Gasteiger partial charge in [0.2, 0.25) is 5.95 Å². The number of likely N-dealkylation sites (tertiary alicyclic amines) is 1. The Labute approximate surface area is 177 Å². The molecule has 166 valence electrons. The van der Waals surface area contributed by atoms with Crippen molar-refractivity contribution in [3.8, 4) is 11.3 Å². The summed E-state index contributed by atoms with van der Waals surface area (Å²) in [5.41, 5.74) is -0.568. The number of likely N-dealkylation sites (N-methyl/N-ethyl adjacent to an activating group) is 1. The molecule has 1 aliphatic heterocycles. The van der Waals surface area contributed by atoms with E-state index in [1.807, 2.05) is 7.05 Å². The zero-order chi connectivity index (χ0) is 22.4. The van der Waals surface area contributed by atoms with Crippen LogP contribution in [0.3, 0.4) is 0 Å². The van der Waals surface area contributed by atoms with Crippen LogP contribution in [0.25, 0.3) is 22.2 Å². The monoisotopic (exact) mass is 453 g/mol. The number of nitrogens with zero attached hydrogens (tertiary/aromatic N) is 3. The Morgan fingerprint density at radius 3 is 2.74 bits per heavy atom. The number of halogens is 3. The van der Waals surface area contributed by atoms with Crippen molar-refractivity contribution < 1.29 is 21.6 Å². The van der Waals surface area contributed by atoms with Gasteiger partial charge >= 0.3 is 6.18 Å². The van der Waals surface area contributed by atoms with Gasteiger partial charge in [-0.1, -0.05) is 6.07 Å². The van der Waals surface area contributed by atoms with Gasteiger partial charge < -0.3 is 15.2 Å². The van der Waals surface area contributed by atoms with Crippen molar-refractivity contribution >= 4 is 26.7 Å². The molecule has 0 spiro atoms. The number of sulfone groups is 1. The Bertz CT molecular complexity index is 1220. The molecule has 1 saturated heterocycles. The van der Waals surface area contributed by atoms with Gasteiger partial charge in [0, 0.05) is 47.7 Å². The second-order valence-corrected chi connectivity index (χ2v) is 9.90. The number of fused-ring (bicyclic) bond motifs is 1. The van der Waals surface area contributed by atoms with E-state index in [1.165, 1.54) is 24.4 Å². The maximum atomic E-state index is 13.7. The summed E-state index contributed by atoms with van der Waals surface area (Å²) in [4.78, 5) is 13.2. The third-order valence-electron chi connectivity index (χ3n) is 5.39. The van der Waals surface area contributed by atoms with Crippen LogP contribution in [-0.2, 0) is 16.0 Å². The number of alkyl halides is 3. The summed E-state index contributed by atoms with van der Waals surface area (Å²) >= 11 is 0. The molecule has 1 fully saturated rings. The lowest BCUT2D eigenvalue weighted by Gasteiger charge is -2.30. The number of aromatic amines is 1. The molecule has 31 heavy (non-hydrogen) atoms. The van der Waals surface area contributed by atoms with Crippen LogP contribution >= 0.6 is 0 Å². The Hall–Kier alpha value is -2.66. The fourth-order valence-electron chi connectivity index (χ4n) is 3.86. The van der Waals surface area contributed by atoms with E-state index in [4.69, 9.17) is 0 Å². The highest BCUT2D eigenvalue weighted by molar-refractivity contribution is 7.90. The van der Waals surface area contributed by atoms with Gasteiger partial charge in [0.25, 0.3) is 0 Å². The molecule has 0 unspecified atom stereocenters. The normalized spacial score (nSPS) is 18.4. The molecule has 3 aromatic rings. The molecule has 0 radical (unpaired) electrons. The highest BCUT2D eigenvalue weighted by Gasteiger charge is 2.36. The molecule has 11 heteroatoms. The second-order valence-electron chi connectivity index (χ2n) is 7.88. The van der Waals surface area contributed by atoms with E-state index >= 15 is 0 Å². The zero-order valence-electron chi connectivity index (χ0n) is 17.0. The number of benzene rings is 1. The van der Waals surface area contributed by atoms with E-state index in [1.54, 1.807) is 0 Å². The van der Waals surface area contributed by atoms with Crippen LogP contribution in [0.15, 0.2) is 35.5 Å². The summed E-state index contributed by atoms with van der Waals surface area (Å²) < 4.78 is 64.7. The zero-order valence-corrected chi connectivity index (χ0v) is 17.8. The van der Waals surface area contributed by atoms with Gasteiger partial charge in [-0.3, -0.25) is 0 Å². The molecule has 3 heterocycles. The summed E-state index contributed by atoms with van der Waals surface area (Å²) in [6.07, 6.45) is 0.492. The predicted octanol–water partition coefficient (Wildman–Crippen LogP) is 3.55. The van der Waals surface area contributed by atoms with Crippen molar-refractivity contribution in [3.05, 3.63) is 36.2 Å². The molecule has 1 aromatic carbocycles. The lowest BCUT2D eigenvalue weighted by molar-refractivity contribution is -0.137. The number of nitrogens with one attached hydrogen (secondary N) is 2. The molecule has 7 nitrogen and oxygen atoms in total. The minimum atomic E-state index is -4.64. The van der Waals surface area contributed by atoms with Gasteiger partial charge in [-0.2, -0.15) is 13.2 Å². The van der Waals surface area contributed by atoms with E-state index in [0.29, 0.717) is 10.9 Å².